The van der Waals surface area contributed by atoms with Crippen molar-refractivity contribution in [1.82, 2.24) is 10.6 Å². The van der Waals surface area contributed by atoms with E-state index in [1.807, 2.05) is 36.4 Å². The van der Waals surface area contributed by atoms with E-state index < -0.39 is 0 Å². The van der Waals surface area contributed by atoms with Crippen LogP contribution in [0.15, 0.2) is 60.7 Å². The number of nitrogens with one attached hydrogen (secondary N) is 2. The molecule has 0 unspecified atom stereocenters. The number of amides is 2. The number of hydrogen-bond donors (Lipinski definition) is 2. The van der Waals surface area contributed by atoms with Crippen LogP contribution in [0.1, 0.15) is 50.7 Å². The zero-order valence-corrected chi connectivity index (χ0v) is 19.6. The van der Waals surface area contributed by atoms with Gasteiger partial charge in [0.2, 0.25) is 11.8 Å². The standard InChI is InChI=1S/C26H36N2O2S/c1-21(13-15-23-9-5-3-6-10-23)27-25(29)17-19-31-20-18-26(30)28-22(2)14-16-24-11-7-4-8-12-24/h3-12,21-22H,13-20H2,1-2H3,(H,27,29)(H,28,30)/t21-,22+. The van der Waals surface area contributed by atoms with E-state index in [9.17, 15) is 9.59 Å². The van der Waals surface area contributed by atoms with Gasteiger partial charge in [-0.1, -0.05) is 60.7 Å². The van der Waals surface area contributed by atoms with Crippen LogP contribution in [0.4, 0.5) is 0 Å². The first-order valence-electron chi connectivity index (χ1n) is 11.3. The van der Waals surface area contributed by atoms with Gasteiger partial charge < -0.3 is 10.6 Å². The molecule has 0 saturated carbocycles. The maximum Gasteiger partial charge on any atom is 0.221 e. The lowest BCUT2D eigenvalue weighted by Crippen LogP contribution is -2.33. The topological polar surface area (TPSA) is 58.2 Å². The van der Waals surface area contributed by atoms with Gasteiger partial charge in [0.15, 0.2) is 0 Å². The SMILES string of the molecule is C[C@H](CCc1ccccc1)NC(=O)CCSCCC(=O)N[C@@H](C)CCc1ccccc1. The van der Waals surface area contributed by atoms with E-state index in [4.69, 9.17) is 0 Å². The summed E-state index contributed by atoms with van der Waals surface area (Å²) < 4.78 is 0. The smallest absolute Gasteiger partial charge is 0.221 e. The number of hydrogen-bond acceptors (Lipinski definition) is 3. The fourth-order valence-corrected chi connectivity index (χ4v) is 4.19. The van der Waals surface area contributed by atoms with Crippen LogP contribution >= 0.6 is 11.8 Å². The minimum atomic E-state index is 0.0899. The van der Waals surface area contributed by atoms with E-state index in [0.29, 0.717) is 12.8 Å². The summed E-state index contributed by atoms with van der Waals surface area (Å²) in [6.45, 7) is 4.11. The molecule has 0 radical (unpaired) electrons. The molecule has 0 aliphatic carbocycles. The predicted octanol–water partition coefficient (Wildman–Crippen LogP) is 4.77. The number of carbonyl (C=O) groups is 2. The third-order valence-corrected chi connectivity index (χ3v) is 6.16. The molecule has 2 N–H and O–H groups in total. The molecule has 2 atom stereocenters. The molecule has 0 aliphatic rings. The second-order valence-corrected chi connectivity index (χ2v) is 9.32. The van der Waals surface area contributed by atoms with Gasteiger partial charge in [-0.2, -0.15) is 11.8 Å². The van der Waals surface area contributed by atoms with Crippen LogP contribution in [0.3, 0.4) is 0 Å². The van der Waals surface area contributed by atoms with Crippen LogP contribution in [0.2, 0.25) is 0 Å². The lowest BCUT2D eigenvalue weighted by atomic mass is 10.1. The maximum absolute atomic E-state index is 12.1. The number of carbonyl (C=O) groups excluding carboxylic acids is 2. The van der Waals surface area contributed by atoms with Gasteiger partial charge in [0.25, 0.3) is 0 Å². The van der Waals surface area contributed by atoms with Crippen molar-refractivity contribution < 1.29 is 9.59 Å². The summed E-state index contributed by atoms with van der Waals surface area (Å²) in [5.74, 6) is 1.67. The molecule has 0 heterocycles. The van der Waals surface area contributed by atoms with E-state index >= 15 is 0 Å². The third kappa shape index (κ3) is 11.6. The highest BCUT2D eigenvalue weighted by molar-refractivity contribution is 7.99. The van der Waals surface area contributed by atoms with Crippen molar-refractivity contribution >= 4 is 23.6 Å². The van der Waals surface area contributed by atoms with Crippen LogP contribution < -0.4 is 10.6 Å². The van der Waals surface area contributed by atoms with Gasteiger partial charge in [-0.3, -0.25) is 9.59 Å². The molecule has 2 rings (SSSR count). The van der Waals surface area contributed by atoms with Crippen LogP contribution in [0.25, 0.3) is 0 Å². The minimum Gasteiger partial charge on any atom is -0.354 e. The van der Waals surface area contributed by atoms with Crippen LogP contribution in [-0.4, -0.2) is 35.4 Å². The van der Waals surface area contributed by atoms with Gasteiger partial charge in [0.1, 0.15) is 0 Å². The third-order valence-electron chi connectivity index (χ3n) is 5.18. The average Bonchev–Trinajstić information content (AvgIpc) is 2.77. The Balaban J connectivity index is 1.48. The molecular formula is C26H36N2O2S. The Kier molecular flexibility index (Phi) is 11.8. The average molecular weight is 441 g/mol. The van der Waals surface area contributed by atoms with Crippen molar-refractivity contribution in [2.45, 2.75) is 64.5 Å². The summed E-state index contributed by atoms with van der Waals surface area (Å²) in [5, 5.41) is 6.14. The first kappa shape index (κ1) is 25.0. The molecule has 2 amide bonds. The Labute approximate surface area is 191 Å². The highest BCUT2D eigenvalue weighted by Crippen LogP contribution is 2.08. The van der Waals surface area contributed by atoms with Crippen LogP contribution in [0, 0.1) is 0 Å². The second kappa shape index (κ2) is 14.7. The van der Waals surface area contributed by atoms with Crippen LogP contribution in [0.5, 0.6) is 0 Å². The van der Waals surface area contributed by atoms with E-state index in [1.54, 1.807) is 11.8 Å². The Bertz CT molecular complexity index is 702. The van der Waals surface area contributed by atoms with E-state index in [0.717, 1.165) is 37.2 Å². The normalized spacial score (nSPS) is 12.7. The van der Waals surface area contributed by atoms with E-state index in [2.05, 4.69) is 48.7 Å². The van der Waals surface area contributed by atoms with Crippen LogP contribution in [-0.2, 0) is 22.4 Å². The molecule has 31 heavy (non-hydrogen) atoms. The Morgan fingerprint density at radius 3 is 1.48 bits per heavy atom. The Morgan fingerprint density at radius 1 is 0.710 bits per heavy atom. The molecule has 4 nitrogen and oxygen atoms in total. The Morgan fingerprint density at radius 2 is 1.10 bits per heavy atom. The zero-order valence-electron chi connectivity index (χ0n) is 18.8. The van der Waals surface area contributed by atoms with Gasteiger partial charge in [-0.25, -0.2) is 0 Å². The molecule has 0 aliphatic heterocycles. The van der Waals surface area contributed by atoms with Gasteiger partial charge in [0.05, 0.1) is 0 Å². The molecular weight excluding hydrogens is 404 g/mol. The molecule has 0 spiro atoms. The summed E-state index contributed by atoms with van der Waals surface area (Å²) >= 11 is 1.66. The molecule has 0 bridgehead atoms. The van der Waals surface area contributed by atoms with Gasteiger partial charge in [-0.05, 0) is 50.7 Å². The van der Waals surface area contributed by atoms with Gasteiger partial charge in [0, 0.05) is 36.4 Å². The van der Waals surface area contributed by atoms with E-state index in [-0.39, 0.29) is 23.9 Å². The summed E-state index contributed by atoms with van der Waals surface area (Å²) in [7, 11) is 0. The summed E-state index contributed by atoms with van der Waals surface area (Å²) in [5.41, 5.74) is 2.60. The Hall–Kier alpha value is -2.27. The van der Waals surface area contributed by atoms with Crippen molar-refractivity contribution in [3.63, 3.8) is 0 Å². The molecule has 0 fully saturated rings. The summed E-state index contributed by atoms with van der Waals surface area (Å²) in [6, 6.07) is 21.0. The first-order chi connectivity index (χ1) is 15.0. The highest BCUT2D eigenvalue weighted by atomic mass is 32.2. The lowest BCUT2D eigenvalue weighted by molar-refractivity contribution is -0.122. The number of rotatable bonds is 14. The van der Waals surface area contributed by atoms with Crippen molar-refractivity contribution in [3.05, 3.63) is 71.8 Å². The summed E-state index contributed by atoms with van der Waals surface area (Å²) in [4.78, 5) is 24.2. The molecule has 2 aromatic carbocycles. The quantitative estimate of drug-likeness (QED) is 0.416. The fourth-order valence-electron chi connectivity index (χ4n) is 3.33. The number of thioether (sulfide) groups is 1. The van der Waals surface area contributed by atoms with Crippen molar-refractivity contribution in [2.24, 2.45) is 0 Å². The van der Waals surface area contributed by atoms with Gasteiger partial charge >= 0.3 is 0 Å². The number of benzene rings is 2. The molecule has 168 valence electrons. The monoisotopic (exact) mass is 440 g/mol. The first-order valence-corrected chi connectivity index (χ1v) is 12.4. The second-order valence-electron chi connectivity index (χ2n) is 8.10. The molecule has 0 aromatic heterocycles. The fraction of sp³-hybridized carbons (Fsp3) is 0.462. The molecule has 5 heteroatoms. The largest absolute Gasteiger partial charge is 0.354 e. The lowest BCUT2D eigenvalue weighted by Gasteiger charge is -2.14. The zero-order chi connectivity index (χ0) is 22.3. The van der Waals surface area contributed by atoms with Crippen molar-refractivity contribution in [1.29, 1.82) is 0 Å². The van der Waals surface area contributed by atoms with Crippen molar-refractivity contribution in [3.8, 4) is 0 Å². The summed E-state index contributed by atoms with van der Waals surface area (Å²) in [6.07, 6.45) is 4.80. The van der Waals surface area contributed by atoms with Crippen molar-refractivity contribution in [2.75, 3.05) is 11.5 Å². The minimum absolute atomic E-state index is 0.0899. The highest BCUT2D eigenvalue weighted by Gasteiger charge is 2.09. The van der Waals surface area contributed by atoms with Gasteiger partial charge in [-0.15, -0.1) is 0 Å². The predicted molar refractivity (Wildman–Crippen MR) is 131 cm³/mol. The molecule has 0 saturated heterocycles. The molecule has 2 aromatic rings. The van der Waals surface area contributed by atoms with E-state index in [1.165, 1.54) is 11.1 Å². The maximum atomic E-state index is 12.1. The number of aryl methyl sites for hydroxylation is 2.